The number of carbonyl (C=O) groups excluding carboxylic acids is 1. The number of hydrogen-bond acceptors (Lipinski definition) is 3. The van der Waals surface area contributed by atoms with Gasteiger partial charge in [0.1, 0.15) is 0 Å². The van der Waals surface area contributed by atoms with E-state index in [2.05, 4.69) is 12.2 Å². The summed E-state index contributed by atoms with van der Waals surface area (Å²) in [6.45, 7) is 3.94. The van der Waals surface area contributed by atoms with Crippen LogP contribution < -0.4 is 11.1 Å². The maximum atomic E-state index is 11.7. The van der Waals surface area contributed by atoms with Crippen LogP contribution in [0.15, 0.2) is 0 Å². The zero-order valence-electron chi connectivity index (χ0n) is 9.91. The summed E-state index contributed by atoms with van der Waals surface area (Å²) in [6.07, 6.45) is 4.07. The van der Waals surface area contributed by atoms with Crippen LogP contribution in [0.1, 0.15) is 32.6 Å². The smallest absolute Gasteiger partial charge is 0.225 e. The van der Waals surface area contributed by atoms with Gasteiger partial charge in [-0.3, -0.25) is 4.79 Å². The van der Waals surface area contributed by atoms with Crippen molar-refractivity contribution in [2.45, 2.75) is 38.6 Å². The largest absolute Gasteiger partial charge is 0.381 e. The summed E-state index contributed by atoms with van der Waals surface area (Å²) in [4.78, 5) is 11.7. The van der Waals surface area contributed by atoms with Crippen molar-refractivity contribution in [1.82, 2.24) is 5.32 Å². The Morgan fingerprint density at radius 2 is 2.38 bits per heavy atom. The van der Waals surface area contributed by atoms with E-state index in [9.17, 15) is 4.79 Å². The van der Waals surface area contributed by atoms with Crippen LogP contribution in [0.2, 0.25) is 0 Å². The highest BCUT2D eigenvalue weighted by Crippen LogP contribution is 2.12. The molecule has 16 heavy (non-hydrogen) atoms. The van der Waals surface area contributed by atoms with Gasteiger partial charge in [-0.15, -0.1) is 12.4 Å². The van der Waals surface area contributed by atoms with E-state index in [1.165, 1.54) is 0 Å². The molecule has 2 unspecified atom stereocenters. The summed E-state index contributed by atoms with van der Waals surface area (Å²) in [5.41, 5.74) is 5.61. The molecule has 1 amide bonds. The van der Waals surface area contributed by atoms with Crippen molar-refractivity contribution in [3.63, 3.8) is 0 Å². The van der Waals surface area contributed by atoms with E-state index in [-0.39, 0.29) is 30.3 Å². The molecule has 0 spiro atoms. The van der Waals surface area contributed by atoms with Crippen LogP contribution in [-0.4, -0.2) is 31.7 Å². The van der Waals surface area contributed by atoms with Crippen LogP contribution >= 0.6 is 12.4 Å². The van der Waals surface area contributed by atoms with Crippen molar-refractivity contribution in [3.05, 3.63) is 0 Å². The van der Waals surface area contributed by atoms with E-state index in [0.29, 0.717) is 19.8 Å². The average Bonchev–Trinajstić information content (AvgIpc) is 2.77. The maximum Gasteiger partial charge on any atom is 0.225 e. The average molecular weight is 251 g/mol. The normalized spacial score (nSPS) is 21.2. The van der Waals surface area contributed by atoms with Crippen molar-refractivity contribution in [2.75, 3.05) is 19.8 Å². The van der Waals surface area contributed by atoms with E-state index in [1.807, 2.05) is 0 Å². The predicted molar refractivity (Wildman–Crippen MR) is 66.7 cm³/mol. The second-order valence-corrected chi connectivity index (χ2v) is 4.14. The fourth-order valence-corrected chi connectivity index (χ4v) is 1.76. The minimum atomic E-state index is 0. The molecule has 1 aliphatic heterocycles. The van der Waals surface area contributed by atoms with Gasteiger partial charge < -0.3 is 15.8 Å². The predicted octanol–water partition coefficient (Wildman–Crippen LogP) is 1.08. The van der Waals surface area contributed by atoms with Gasteiger partial charge >= 0.3 is 0 Å². The van der Waals surface area contributed by atoms with Crippen LogP contribution in [0.25, 0.3) is 0 Å². The van der Waals surface area contributed by atoms with Crippen LogP contribution in [0.5, 0.6) is 0 Å². The maximum absolute atomic E-state index is 11.7. The van der Waals surface area contributed by atoms with E-state index < -0.39 is 0 Å². The van der Waals surface area contributed by atoms with Crippen molar-refractivity contribution < 1.29 is 9.53 Å². The zero-order chi connectivity index (χ0) is 11.1. The molecular weight excluding hydrogens is 228 g/mol. The highest BCUT2D eigenvalue weighted by molar-refractivity contribution is 5.85. The SMILES string of the molecule is CCCCC(CN)NC(=O)C1CCOC1.Cl. The van der Waals surface area contributed by atoms with Crippen molar-refractivity contribution in [1.29, 1.82) is 0 Å². The lowest BCUT2D eigenvalue weighted by Gasteiger charge is -2.18. The molecule has 0 saturated carbocycles. The topological polar surface area (TPSA) is 64.3 Å². The lowest BCUT2D eigenvalue weighted by molar-refractivity contribution is -0.125. The van der Waals surface area contributed by atoms with Gasteiger partial charge in [-0.2, -0.15) is 0 Å². The number of ether oxygens (including phenoxy) is 1. The summed E-state index contributed by atoms with van der Waals surface area (Å²) in [7, 11) is 0. The number of nitrogens with one attached hydrogen (secondary N) is 1. The van der Waals surface area contributed by atoms with Crippen molar-refractivity contribution in [3.8, 4) is 0 Å². The van der Waals surface area contributed by atoms with E-state index in [4.69, 9.17) is 10.5 Å². The molecule has 0 bridgehead atoms. The Kier molecular flexibility index (Phi) is 8.61. The monoisotopic (exact) mass is 250 g/mol. The molecule has 1 saturated heterocycles. The number of amides is 1. The molecule has 0 radical (unpaired) electrons. The minimum absolute atomic E-state index is 0. The molecule has 1 fully saturated rings. The third kappa shape index (κ3) is 5.14. The van der Waals surface area contributed by atoms with Crippen LogP contribution in [-0.2, 0) is 9.53 Å². The fourth-order valence-electron chi connectivity index (χ4n) is 1.76. The Bertz CT molecular complexity index is 196. The first-order valence-electron chi connectivity index (χ1n) is 5.86. The molecule has 0 aromatic carbocycles. The summed E-state index contributed by atoms with van der Waals surface area (Å²) < 4.78 is 5.18. The highest BCUT2D eigenvalue weighted by Gasteiger charge is 2.24. The van der Waals surface area contributed by atoms with Gasteiger partial charge in [0.25, 0.3) is 0 Å². The molecule has 0 aromatic heterocycles. The Morgan fingerprint density at radius 3 is 2.88 bits per heavy atom. The lowest BCUT2D eigenvalue weighted by Crippen LogP contribution is -2.43. The third-order valence-electron chi connectivity index (χ3n) is 2.84. The van der Waals surface area contributed by atoms with Gasteiger partial charge in [0.05, 0.1) is 12.5 Å². The molecule has 1 rings (SSSR count). The quantitative estimate of drug-likeness (QED) is 0.742. The molecule has 1 aliphatic rings. The number of nitrogens with two attached hydrogens (primary N) is 1. The van der Waals surface area contributed by atoms with Gasteiger partial charge in [0, 0.05) is 19.2 Å². The number of carbonyl (C=O) groups is 1. The van der Waals surface area contributed by atoms with E-state index in [0.717, 1.165) is 25.7 Å². The highest BCUT2D eigenvalue weighted by atomic mass is 35.5. The van der Waals surface area contributed by atoms with Crippen molar-refractivity contribution >= 4 is 18.3 Å². The summed E-state index contributed by atoms with van der Waals surface area (Å²) in [6, 6.07) is 0.137. The Balaban J connectivity index is 0.00000225. The van der Waals surface area contributed by atoms with Gasteiger partial charge in [-0.25, -0.2) is 0 Å². The van der Waals surface area contributed by atoms with Gasteiger partial charge in [-0.05, 0) is 12.8 Å². The second-order valence-electron chi connectivity index (χ2n) is 4.14. The minimum Gasteiger partial charge on any atom is -0.381 e. The molecule has 1 heterocycles. The number of rotatable bonds is 6. The van der Waals surface area contributed by atoms with Crippen LogP contribution in [0.3, 0.4) is 0 Å². The summed E-state index contributed by atoms with van der Waals surface area (Å²) in [5, 5.41) is 3.00. The zero-order valence-corrected chi connectivity index (χ0v) is 10.7. The van der Waals surface area contributed by atoms with Gasteiger partial charge in [0.15, 0.2) is 0 Å². The summed E-state index contributed by atoms with van der Waals surface area (Å²) >= 11 is 0. The molecule has 0 aromatic rings. The van der Waals surface area contributed by atoms with Gasteiger partial charge in [0.2, 0.25) is 5.91 Å². The molecule has 5 heteroatoms. The standard InChI is InChI=1S/C11H22N2O2.ClH/c1-2-3-4-10(7-12)13-11(14)9-5-6-15-8-9;/h9-10H,2-8,12H2,1H3,(H,13,14);1H. The lowest BCUT2D eigenvalue weighted by atomic mass is 10.1. The van der Waals surface area contributed by atoms with E-state index >= 15 is 0 Å². The Morgan fingerprint density at radius 1 is 1.62 bits per heavy atom. The molecule has 4 nitrogen and oxygen atoms in total. The van der Waals surface area contributed by atoms with Gasteiger partial charge in [-0.1, -0.05) is 19.8 Å². The molecule has 0 aliphatic carbocycles. The Hall–Kier alpha value is -0.320. The molecule has 3 N–H and O–H groups in total. The van der Waals surface area contributed by atoms with Crippen LogP contribution in [0.4, 0.5) is 0 Å². The molecule has 2 atom stereocenters. The first-order valence-corrected chi connectivity index (χ1v) is 5.86. The molecule has 96 valence electrons. The summed E-state index contributed by atoms with van der Waals surface area (Å²) in [5.74, 6) is 0.153. The molecular formula is C11H23ClN2O2. The number of hydrogen-bond donors (Lipinski definition) is 2. The second kappa shape index (κ2) is 8.79. The number of halogens is 1. The Labute approximate surface area is 104 Å². The number of unbranched alkanes of at least 4 members (excludes halogenated alkanes) is 1. The third-order valence-corrected chi connectivity index (χ3v) is 2.84. The van der Waals surface area contributed by atoms with E-state index in [1.54, 1.807) is 0 Å². The van der Waals surface area contributed by atoms with Crippen LogP contribution in [0, 0.1) is 5.92 Å². The first kappa shape index (κ1) is 15.7. The first-order chi connectivity index (χ1) is 7.27. The fraction of sp³-hybridized carbons (Fsp3) is 0.909. The van der Waals surface area contributed by atoms with Crippen molar-refractivity contribution in [2.24, 2.45) is 11.7 Å².